The Morgan fingerprint density at radius 1 is 1.17 bits per heavy atom. The molecule has 5 nitrogen and oxygen atoms in total. The van der Waals surface area contributed by atoms with Crippen LogP contribution >= 0.6 is 11.8 Å². The zero-order valence-electron chi connectivity index (χ0n) is 14.0. The number of likely N-dealkylation sites (tertiary alicyclic amines) is 1. The van der Waals surface area contributed by atoms with Gasteiger partial charge in [-0.3, -0.25) is 19.3 Å². The topological polar surface area (TPSA) is 66.5 Å². The highest BCUT2D eigenvalue weighted by Gasteiger charge is 2.50. The van der Waals surface area contributed by atoms with Crippen LogP contribution in [0.25, 0.3) is 0 Å². The molecule has 1 aromatic rings. The summed E-state index contributed by atoms with van der Waals surface area (Å²) in [7, 11) is 0. The first-order valence-corrected chi connectivity index (χ1v) is 9.58. The molecule has 2 aliphatic rings. The summed E-state index contributed by atoms with van der Waals surface area (Å²) in [5, 5.41) is 2.85. The van der Waals surface area contributed by atoms with Crippen LogP contribution in [0.15, 0.2) is 29.2 Å². The first kappa shape index (κ1) is 17.0. The number of nitrogens with one attached hydrogen (secondary N) is 1. The molecule has 0 spiro atoms. The predicted molar refractivity (Wildman–Crippen MR) is 93.6 cm³/mol. The largest absolute Gasteiger partial charge is 0.323 e. The molecule has 1 saturated heterocycles. The van der Waals surface area contributed by atoms with Crippen LogP contribution in [0.3, 0.4) is 0 Å². The number of anilines is 1. The maximum atomic E-state index is 12.6. The van der Waals surface area contributed by atoms with E-state index in [-0.39, 0.29) is 29.6 Å². The van der Waals surface area contributed by atoms with Gasteiger partial charge in [0.15, 0.2) is 0 Å². The van der Waals surface area contributed by atoms with Gasteiger partial charge in [-0.1, -0.05) is 25.0 Å². The van der Waals surface area contributed by atoms with Gasteiger partial charge in [0.25, 0.3) is 0 Å². The smallest absolute Gasteiger partial charge is 0.247 e. The number of hydrogen-bond donors (Lipinski definition) is 1. The van der Waals surface area contributed by atoms with Crippen LogP contribution in [0.1, 0.15) is 32.6 Å². The Labute approximate surface area is 146 Å². The lowest BCUT2D eigenvalue weighted by molar-refractivity contribution is -0.146. The Kier molecular flexibility index (Phi) is 4.94. The molecule has 3 rings (SSSR count). The molecule has 1 heterocycles. The summed E-state index contributed by atoms with van der Waals surface area (Å²) in [6.45, 7) is 1.63. The number of para-hydroxylation sites is 1. The van der Waals surface area contributed by atoms with Gasteiger partial charge in [0.05, 0.1) is 17.5 Å². The van der Waals surface area contributed by atoms with Crippen molar-refractivity contribution in [2.75, 3.05) is 11.6 Å². The molecule has 1 N–H and O–H groups in total. The fourth-order valence-electron chi connectivity index (χ4n) is 3.67. The quantitative estimate of drug-likeness (QED) is 0.672. The van der Waals surface area contributed by atoms with Crippen LogP contribution in [-0.4, -0.2) is 34.9 Å². The molecule has 3 amide bonds. The van der Waals surface area contributed by atoms with Crippen LogP contribution in [-0.2, 0) is 14.4 Å². The van der Waals surface area contributed by atoms with Crippen molar-refractivity contribution in [1.82, 2.24) is 4.90 Å². The fraction of sp³-hybridized carbons (Fsp3) is 0.500. The van der Waals surface area contributed by atoms with Crippen molar-refractivity contribution >= 4 is 35.2 Å². The van der Waals surface area contributed by atoms with Crippen molar-refractivity contribution in [1.29, 1.82) is 0 Å². The van der Waals surface area contributed by atoms with Gasteiger partial charge in [0.2, 0.25) is 17.7 Å². The number of carbonyl (C=O) groups excluding carboxylic acids is 3. The van der Waals surface area contributed by atoms with Crippen molar-refractivity contribution < 1.29 is 14.4 Å². The van der Waals surface area contributed by atoms with E-state index in [4.69, 9.17) is 0 Å². The second kappa shape index (κ2) is 6.97. The number of fused-ring (bicyclic) bond motifs is 1. The normalized spacial score (nSPS) is 24.7. The number of amides is 3. The van der Waals surface area contributed by atoms with Crippen molar-refractivity contribution in [2.24, 2.45) is 11.8 Å². The molecule has 1 saturated carbocycles. The second-order valence-electron chi connectivity index (χ2n) is 6.41. The molecule has 24 heavy (non-hydrogen) atoms. The molecule has 1 aliphatic carbocycles. The lowest BCUT2D eigenvalue weighted by atomic mass is 9.81. The Bertz CT molecular complexity index is 652. The molecule has 0 bridgehead atoms. The Hall–Kier alpha value is -1.82. The summed E-state index contributed by atoms with van der Waals surface area (Å²) in [5.41, 5.74) is 0.707. The standard InChI is InChI=1S/C18H22N2O3S/c1-11(16(21)19-14-9-5-6-10-15(14)24-2)20-17(22)12-7-3-4-8-13(12)18(20)23/h5-6,9-13H,3-4,7-8H2,1-2H3,(H,19,21). The molecular weight excluding hydrogens is 324 g/mol. The third-order valence-corrected chi connectivity index (χ3v) is 5.80. The lowest BCUT2D eigenvalue weighted by Gasteiger charge is -2.23. The minimum absolute atomic E-state index is 0.175. The number of imide groups is 1. The fourth-order valence-corrected chi connectivity index (χ4v) is 4.23. The number of nitrogens with zero attached hydrogens (tertiary/aromatic N) is 1. The van der Waals surface area contributed by atoms with E-state index in [1.54, 1.807) is 6.92 Å². The van der Waals surface area contributed by atoms with E-state index in [9.17, 15) is 14.4 Å². The van der Waals surface area contributed by atoms with Crippen LogP contribution in [0, 0.1) is 11.8 Å². The van der Waals surface area contributed by atoms with Crippen molar-refractivity contribution in [2.45, 2.75) is 43.5 Å². The van der Waals surface area contributed by atoms with Gasteiger partial charge >= 0.3 is 0 Å². The summed E-state index contributed by atoms with van der Waals surface area (Å²) in [4.78, 5) is 39.9. The van der Waals surface area contributed by atoms with Gasteiger partial charge < -0.3 is 5.32 Å². The third-order valence-electron chi connectivity index (χ3n) is 5.01. The van der Waals surface area contributed by atoms with E-state index < -0.39 is 6.04 Å². The second-order valence-corrected chi connectivity index (χ2v) is 7.26. The minimum atomic E-state index is -0.787. The number of thioether (sulfide) groups is 1. The first-order chi connectivity index (χ1) is 11.5. The zero-order valence-corrected chi connectivity index (χ0v) is 14.8. The van der Waals surface area contributed by atoms with E-state index in [2.05, 4.69) is 5.32 Å². The van der Waals surface area contributed by atoms with Gasteiger partial charge in [-0.15, -0.1) is 11.8 Å². The average Bonchev–Trinajstić information content (AvgIpc) is 2.86. The zero-order chi connectivity index (χ0) is 17.3. The van der Waals surface area contributed by atoms with E-state index in [1.165, 1.54) is 16.7 Å². The number of hydrogen-bond acceptors (Lipinski definition) is 4. The highest BCUT2D eigenvalue weighted by Crippen LogP contribution is 2.39. The van der Waals surface area contributed by atoms with E-state index in [0.29, 0.717) is 5.69 Å². The SMILES string of the molecule is CSc1ccccc1NC(=O)C(C)N1C(=O)C2CCCCC2C1=O. The van der Waals surface area contributed by atoms with Crippen molar-refractivity contribution in [3.63, 3.8) is 0 Å². The highest BCUT2D eigenvalue weighted by atomic mass is 32.2. The molecule has 6 heteroatoms. The van der Waals surface area contributed by atoms with E-state index in [0.717, 1.165) is 30.6 Å². The van der Waals surface area contributed by atoms with Crippen LogP contribution < -0.4 is 5.32 Å². The molecule has 1 aromatic carbocycles. The molecule has 3 atom stereocenters. The van der Waals surface area contributed by atoms with Crippen molar-refractivity contribution in [3.8, 4) is 0 Å². The third kappa shape index (κ3) is 2.95. The Morgan fingerprint density at radius 2 is 1.75 bits per heavy atom. The summed E-state index contributed by atoms with van der Waals surface area (Å²) in [6, 6.07) is 6.71. The summed E-state index contributed by atoms with van der Waals surface area (Å²) in [6.07, 6.45) is 5.42. The number of benzene rings is 1. The molecule has 1 aliphatic heterocycles. The van der Waals surface area contributed by atoms with Gasteiger partial charge in [-0.2, -0.15) is 0 Å². The molecule has 0 radical (unpaired) electrons. The maximum absolute atomic E-state index is 12.6. The Balaban J connectivity index is 1.76. The Morgan fingerprint density at radius 3 is 2.33 bits per heavy atom. The monoisotopic (exact) mass is 346 g/mol. The van der Waals surface area contributed by atoms with E-state index in [1.807, 2.05) is 30.5 Å². The summed E-state index contributed by atoms with van der Waals surface area (Å²) in [5.74, 6) is -1.12. The van der Waals surface area contributed by atoms with Crippen LogP contribution in [0.2, 0.25) is 0 Å². The number of rotatable bonds is 4. The van der Waals surface area contributed by atoms with Crippen LogP contribution in [0.4, 0.5) is 5.69 Å². The van der Waals surface area contributed by atoms with Gasteiger partial charge in [0.1, 0.15) is 6.04 Å². The molecule has 0 aromatic heterocycles. The average molecular weight is 346 g/mol. The van der Waals surface area contributed by atoms with Crippen LogP contribution in [0.5, 0.6) is 0 Å². The summed E-state index contributed by atoms with van der Waals surface area (Å²) < 4.78 is 0. The molecule has 2 fully saturated rings. The summed E-state index contributed by atoms with van der Waals surface area (Å²) >= 11 is 1.54. The minimum Gasteiger partial charge on any atom is -0.323 e. The molecule has 128 valence electrons. The predicted octanol–water partition coefficient (Wildman–Crippen LogP) is 2.91. The highest BCUT2D eigenvalue weighted by molar-refractivity contribution is 7.98. The van der Waals surface area contributed by atoms with Gasteiger partial charge in [-0.25, -0.2) is 0 Å². The maximum Gasteiger partial charge on any atom is 0.247 e. The van der Waals surface area contributed by atoms with E-state index >= 15 is 0 Å². The lowest BCUT2D eigenvalue weighted by Crippen LogP contribution is -2.46. The van der Waals surface area contributed by atoms with Crippen molar-refractivity contribution in [3.05, 3.63) is 24.3 Å². The first-order valence-electron chi connectivity index (χ1n) is 8.35. The number of carbonyl (C=O) groups is 3. The molecule has 3 unspecified atom stereocenters. The van der Waals surface area contributed by atoms with Gasteiger partial charge in [0, 0.05) is 4.90 Å². The molecular formula is C18H22N2O3S. The van der Waals surface area contributed by atoms with Gasteiger partial charge in [-0.05, 0) is 38.2 Å².